The van der Waals surface area contributed by atoms with Gasteiger partial charge in [0.2, 0.25) is 5.91 Å². The molecule has 1 aromatic rings. The van der Waals surface area contributed by atoms with Crippen molar-refractivity contribution in [1.82, 2.24) is 5.32 Å². The van der Waals surface area contributed by atoms with Crippen molar-refractivity contribution < 1.29 is 9.53 Å². The zero-order valence-corrected chi connectivity index (χ0v) is 13.1. The molecule has 0 spiro atoms. The Balaban J connectivity index is 1.79. The Morgan fingerprint density at radius 1 is 1.38 bits per heavy atom. The fraction of sp³-hybridized carbons (Fsp3) is 0.588. The summed E-state index contributed by atoms with van der Waals surface area (Å²) in [4.78, 5) is 12.1. The molecular formula is C17H26N2O2. The van der Waals surface area contributed by atoms with E-state index < -0.39 is 0 Å². The molecule has 2 rings (SSSR count). The SMILES string of the molecule is CCc1cccc(C)c1NC(=O)CCOC1CCNCC1. The van der Waals surface area contributed by atoms with Gasteiger partial charge in [0.1, 0.15) is 0 Å². The van der Waals surface area contributed by atoms with Crippen molar-refractivity contribution in [3.8, 4) is 0 Å². The number of amides is 1. The van der Waals surface area contributed by atoms with Gasteiger partial charge in [0.05, 0.1) is 19.1 Å². The quantitative estimate of drug-likeness (QED) is 0.847. The molecule has 0 radical (unpaired) electrons. The topological polar surface area (TPSA) is 50.4 Å². The molecule has 0 unspecified atom stereocenters. The van der Waals surface area contributed by atoms with Gasteiger partial charge in [-0.15, -0.1) is 0 Å². The molecular weight excluding hydrogens is 264 g/mol. The number of piperidine rings is 1. The number of carbonyl (C=O) groups excluding carboxylic acids is 1. The normalized spacial score (nSPS) is 15.9. The van der Waals surface area contributed by atoms with E-state index in [9.17, 15) is 4.79 Å². The standard InChI is InChI=1S/C17H26N2O2/c1-3-14-6-4-5-13(2)17(14)19-16(20)9-12-21-15-7-10-18-11-8-15/h4-6,15,18H,3,7-12H2,1-2H3,(H,19,20). The molecule has 1 aliphatic rings. The van der Waals surface area contributed by atoms with Gasteiger partial charge in [0, 0.05) is 5.69 Å². The Morgan fingerprint density at radius 3 is 2.86 bits per heavy atom. The third kappa shape index (κ3) is 4.83. The molecule has 1 fully saturated rings. The first-order valence-electron chi connectivity index (χ1n) is 7.91. The minimum absolute atomic E-state index is 0.0351. The van der Waals surface area contributed by atoms with E-state index >= 15 is 0 Å². The molecule has 1 heterocycles. The maximum Gasteiger partial charge on any atom is 0.226 e. The predicted molar refractivity (Wildman–Crippen MR) is 85.6 cm³/mol. The van der Waals surface area contributed by atoms with E-state index in [0.29, 0.717) is 19.1 Å². The number of nitrogens with one attached hydrogen (secondary N) is 2. The van der Waals surface area contributed by atoms with Crippen LogP contribution in [0.1, 0.15) is 37.3 Å². The number of ether oxygens (including phenoxy) is 1. The highest BCUT2D eigenvalue weighted by molar-refractivity contribution is 5.92. The number of benzene rings is 1. The second-order valence-corrected chi connectivity index (χ2v) is 5.58. The Hall–Kier alpha value is -1.39. The molecule has 0 saturated carbocycles. The predicted octanol–water partition coefficient (Wildman–Crippen LogP) is 2.65. The highest BCUT2D eigenvalue weighted by Gasteiger charge is 2.14. The molecule has 4 heteroatoms. The second-order valence-electron chi connectivity index (χ2n) is 5.58. The van der Waals surface area contributed by atoms with E-state index in [1.807, 2.05) is 19.1 Å². The highest BCUT2D eigenvalue weighted by Crippen LogP contribution is 2.21. The van der Waals surface area contributed by atoms with Crippen LogP contribution in [0, 0.1) is 6.92 Å². The van der Waals surface area contributed by atoms with Gasteiger partial charge >= 0.3 is 0 Å². The van der Waals surface area contributed by atoms with E-state index in [0.717, 1.165) is 43.6 Å². The zero-order chi connectivity index (χ0) is 15.1. The van der Waals surface area contributed by atoms with Crippen LogP contribution in [-0.2, 0) is 16.0 Å². The van der Waals surface area contributed by atoms with Crippen LogP contribution in [-0.4, -0.2) is 31.7 Å². The smallest absolute Gasteiger partial charge is 0.226 e. The molecule has 2 N–H and O–H groups in total. The summed E-state index contributed by atoms with van der Waals surface area (Å²) in [6, 6.07) is 6.12. The van der Waals surface area contributed by atoms with Gasteiger partial charge in [-0.3, -0.25) is 4.79 Å². The van der Waals surface area contributed by atoms with Crippen molar-refractivity contribution >= 4 is 11.6 Å². The fourth-order valence-electron chi connectivity index (χ4n) is 2.68. The van der Waals surface area contributed by atoms with E-state index in [1.165, 1.54) is 5.56 Å². The molecule has 0 aromatic heterocycles. The van der Waals surface area contributed by atoms with Crippen molar-refractivity contribution in [1.29, 1.82) is 0 Å². The summed E-state index contributed by atoms with van der Waals surface area (Å²) in [5.41, 5.74) is 3.26. The molecule has 1 amide bonds. The van der Waals surface area contributed by atoms with Crippen LogP contribution in [0.25, 0.3) is 0 Å². The monoisotopic (exact) mass is 290 g/mol. The van der Waals surface area contributed by atoms with E-state index in [-0.39, 0.29) is 5.91 Å². The number of carbonyl (C=O) groups is 1. The van der Waals surface area contributed by atoms with Crippen LogP contribution in [0.3, 0.4) is 0 Å². The average Bonchev–Trinajstić information content (AvgIpc) is 2.50. The van der Waals surface area contributed by atoms with Crippen LogP contribution in [0.5, 0.6) is 0 Å². The number of aryl methyl sites for hydroxylation is 2. The molecule has 0 bridgehead atoms. The number of anilines is 1. The Kier molecular flexibility index (Phi) is 6.21. The Bertz CT molecular complexity index is 468. The van der Waals surface area contributed by atoms with Gasteiger partial charge in [-0.25, -0.2) is 0 Å². The molecule has 1 saturated heterocycles. The van der Waals surface area contributed by atoms with Crippen molar-refractivity contribution in [2.75, 3.05) is 25.0 Å². The lowest BCUT2D eigenvalue weighted by Crippen LogP contribution is -2.33. The Labute approximate surface area is 127 Å². The molecule has 0 atom stereocenters. The minimum atomic E-state index is 0.0351. The number of hydrogen-bond donors (Lipinski definition) is 2. The summed E-state index contributed by atoms with van der Waals surface area (Å²) in [6.45, 7) is 6.66. The first-order valence-corrected chi connectivity index (χ1v) is 7.91. The van der Waals surface area contributed by atoms with Crippen molar-refractivity contribution in [3.63, 3.8) is 0 Å². The van der Waals surface area contributed by atoms with Gasteiger partial charge in [-0.1, -0.05) is 25.1 Å². The lowest BCUT2D eigenvalue weighted by molar-refractivity contribution is -0.117. The maximum absolute atomic E-state index is 12.1. The van der Waals surface area contributed by atoms with E-state index in [1.54, 1.807) is 0 Å². The summed E-state index contributed by atoms with van der Waals surface area (Å²) in [5, 5.41) is 6.34. The largest absolute Gasteiger partial charge is 0.378 e. The number of rotatable bonds is 6. The van der Waals surface area contributed by atoms with Gasteiger partial charge in [0.15, 0.2) is 0 Å². The van der Waals surface area contributed by atoms with Crippen molar-refractivity contribution in [3.05, 3.63) is 29.3 Å². The molecule has 116 valence electrons. The summed E-state index contributed by atoms with van der Waals surface area (Å²) in [5.74, 6) is 0.0351. The minimum Gasteiger partial charge on any atom is -0.378 e. The third-order valence-corrected chi connectivity index (χ3v) is 3.97. The summed E-state index contributed by atoms with van der Waals surface area (Å²) in [7, 11) is 0. The number of hydrogen-bond acceptors (Lipinski definition) is 3. The van der Waals surface area contributed by atoms with Crippen LogP contribution in [0.15, 0.2) is 18.2 Å². The lowest BCUT2D eigenvalue weighted by Gasteiger charge is -2.22. The zero-order valence-electron chi connectivity index (χ0n) is 13.1. The van der Waals surface area contributed by atoms with Gasteiger partial charge in [-0.05, 0) is 50.4 Å². The summed E-state index contributed by atoms with van der Waals surface area (Å²) in [6.07, 6.45) is 3.73. The molecule has 1 aromatic carbocycles. The first kappa shape index (κ1) is 16.0. The van der Waals surface area contributed by atoms with Crippen LogP contribution in [0.2, 0.25) is 0 Å². The van der Waals surface area contributed by atoms with Gasteiger partial charge < -0.3 is 15.4 Å². The van der Waals surface area contributed by atoms with E-state index in [2.05, 4.69) is 23.6 Å². The highest BCUT2D eigenvalue weighted by atomic mass is 16.5. The third-order valence-electron chi connectivity index (χ3n) is 3.97. The average molecular weight is 290 g/mol. The van der Waals surface area contributed by atoms with Crippen LogP contribution >= 0.6 is 0 Å². The van der Waals surface area contributed by atoms with Crippen molar-refractivity contribution in [2.45, 2.75) is 45.6 Å². The molecule has 21 heavy (non-hydrogen) atoms. The lowest BCUT2D eigenvalue weighted by atomic mass is 10.1. The molecule has 1 aliphatic heterocycles. The van der Waals surface area contributed by atoms with Crippen molar-refractivity contribution in [2.24, 2.45) is 0 Å². The maximum atomic E-state index is 12.1. The second kappa shape index (κ2) is 8.15. The van der Waals surface area contributed by atoms with Crippen LogP contribution in [0.4, 0.5) is 5.69 Å². The molecule has 0 aliphatic carbocycles. The summed E-state index contributed by atoms with van der Waals surface area (Å²) < 4.78 is 5.78. The van der Waals surface area contributed by atoms with Gasteiger partial charge in [0.25, 0.3) is 0 Å². The van der Waals surface area contributed by atoms with Crippen LogP contribution < -0.4 is 10.6 Å². The first-order chi connectivity index (χ1) is 10.2. The summed E-state index contributed by atoms with van der Waals surface area (Å²) >= 11 is 0. The molecule has 4 nitrogen and oxygen atoms in total. The number of para-hydroxylation sites is 1. The van der Waals surface area contributed by atoms with Gasteiger partial charge in [-0.2, -0.15) is 0 Å². The van der Waals surface area contributed by atoms with E-state index in [4.69, 9.17) is 4.74 Å². The fourth-order valence-corrected chi connectivity index (χ4v) is 2.68. The Morgan fingerprint density at radius 2 is 2.14 bits per heavy atom.